The zero-order valence-corrected chi connectivity index (χ0v) is 14.6. The summed E-state index contributed by atoms with van der Waals surface area (Å²) in [4.78, 5) is 15.7. The van der Waals surface area contributed by atoms with Crippen molar-refractivity contribution in [2.75, 3.05) is 0 Å². The molecule has 0 fully saturated rings. The van der Waals surface area contributed by atoms with Crippen molar-refractivity contribution < 1.29 is 26.5 Å². The SMILES string of the molecule is Cc1ccc(S(=O)(=O)Cc2c([N+](=O)[O-])ccc3[nH]c(C(F)(F)F)nc23)cc1. The number of nitro benzene ring substituents is 1. The lowest BCUT2D eigenvalue weighted by Gasteiger charge is -2.07. The number of hydrogen-bond acceptors (Lipinski definition) is 5. The molecule has 7 nitrogen and oxygen atoms in total. The molecule has 2 aromatic carbocycles. The van der Waals surface area contributed by atoms with Crippen LogP contribution in [0.5, 0.6) is 0 Å². The van der Waals surface area contributed by atoms with Gasteiger partial charge in [-0.15, -0.1) is 0 Å². The first-order valence-corrected chi connectivity index (χ1v) is 9.17. The Bertz CT molecular complexity index is 1140. The van der Waals surface area contributed by atoms with Gasteiger partial charge >= 0.3 is 6.18 Å². The number of aromatic nitrogens is 2. The quantitative estimate of drug-likeness (QED) is 0.531. The highest BCUT2D eigenvalue weighted by atomic mass is 32.2. The summed E-state index contributed by atoms with van der Waals surface area (Å²) >= 11 is 0. The summed E-state index contributed by atoms with van der Waals surface area (Å²) in [7, 11) is -4.04. The lowest BCUT2D eigenvalue weighted by Crippen LogP contribution is -2.08. The summed E-state index contributed by atoms with van der Waals surface area (Å²) in [6.07, 6.45) is -4.80. The van der Waals surface area contributed by atoms with E-state index in [1.54, 1.807) is 19.1 Å². The van der Waals surface area contributed by atoms with Crippen molar-refractivity contribution in [2.45, 2.75) is 23.7 Å². The number of rotatable bonds is 4. The van der Waals surface area contributed by atoms with Crippen LogP contribution in [0, 0.1) is 17.0 Å². The lowest BCUT2D eigenvalue weighted by atomic mass is 10.1. The van der Waals surface area contributed by atoms with Crippen molar-refractivity contribution in [3.63, 3.8) is 0 Å². The predicted octanol–water partition coefficient (Wildman–Crippen LogP) is 3.77. The second-order valence-electron chi connectivity index (χ2n) is 5.87. The van der Waals surface area contributed by atoms with Crippen molar-refractivity contribution >= 4 is 26.6 Å². The minimum atomic E-state index is -4.80. The van der Waals surface area contributed by atoms with E-state index in [4.69, 9.17) is 0 Å². The van der Waals surface area contributed by atoms with Gasteiger partial charge in [0.05, 0.1) is 26.7 Å². The Morgan fingerprint density at radius 1 is 1.15 bits per heavy atom. The molecule has 0 amide bonds. The Kier molecular flexibility index (Phi) is 4.42. The molecule has 0 aliphatic carbocycles. The van der Waals surface area contributed by atoms with Gasteiger partial charge in [0, 0.05) is 6.07 Å². The molecule has 0 bridgehead atoms. The molecule has 0 atom stereocenters. The molecule has 3 aromatic rings. The number of H-pyrrole nitrogens is 1. The standard InChI is InChI=1S/C16H12F3N3O4S/c1-9-2-4-10(5-3-9)27(25,26)8-11-13(22(23)24)7-6-12-14(11)21-15(20-12)16(17,18)19/h2-7H,8H2,1H3,(H,20,21). The van der Waals surface area contributed by atoms with Crippen molar-refractivity contribution in [2.24, 2.45) is 0 Å². The topological polar surface area (TPSA) is 106 Å². The van der Waals surface area contributed by atoms with E-state index >= 15 is 0 Å². The fourth-order valence-corrected chi connectivity index (χ4v) is 3.97. The normalized spacial score (nSPS) is 12.4. The molecule has 3 rings (SSSR count). The Labute approximate surface area is 150 Å². The van der Waals surface area contributed by atoms with Gasteiger partial charge in [-0.1, -0.05) is 17.7 Å². The molecule has 0 saturated heterocycles. The monoisotopic (exact) mass is 399 g/mol. The van der Waals surface area contributed by atoms with Crippen LogP contribution in [0.4, 0.5) is 18.9 Å². The molecule has 1 heterocycles. The van der Waals surface area contributed by atoms with Crippen LogP contribution >= 0.6 is 0 Å². The number of aryl methyl sites for hydroxylation is 1. The van der Waals surface area contributed by atoms with Gasteiger partial charge in [0.25, 0.3) is 5.69 Å². The molecular formula is C16H12F3N3O4S. The van der Waals surface area contributed by atoms with Gasteiger partial charge in [-0.25, -0.2) is 13.4 Å². The average Bonchev–Trinajstić information content (AvgIpc) is 3.00. The van der Waals surface area contributed by atoms with Crippen LogP contribution in [0.2, 0.25) is 0 Å². The molecule has 11 heteroatoms. The highest BCUT2D eigenvalue weighted by Gasteiger charge is 2.36. The van der Waals surface area contributed by atoms with Gasteiger partial charge < -0.3 is 4.98 Å². The van der Waals surface area contributed by atoms with E-state index in [-0.39, 0.29) is 10.4 Å². The highest BCUT2D eigenvalue weighted by Crippen LogP contribution is 2.34. The van der Waals surface area contributed by atoms with E-state index in [1.807, 2.05) is 4.98 Å². The minimum Gasteiger partial charge on any atom is -0.334 e. The molecule has 0 radical (unpaired) electrons. The summed E-state index contributed by atoms with van der Waals surface area (Å²) < 4.78 is 64.0. The third kappa shape index (κ3) is 3.63. The van der Waals surface area contributed by atoms with E-state index in [0.717, 1.165) is 17.7 Å². The molecular weight excluding hydrogens is 387 g/mol. The second-order valence-corrected chi connectivity index (χ2v) is 7.86. The summed E-state index contributed by atoms with van der Waals surface area (Å²) in [5.74, 6) is -2.21. The molecule has 27 heavy (non-hydrogen) atoms. The number of imidazole rings is 1. The molecule has 0 aliphatic heterocycles. The first-order chi connectivity index (χ1) is 12.5. The van der Waals surface area contributed by atoms with E-state index in [1.165, 1.54) is 12.1 Å². The van der Waals surface area contributed by atoms with E-state index in [0.29, 0.717) is 0 Å². The Balaban J connectivity index is 2.19. The maximum atomic E-state index is 12.9. The van der Waals surface area contributed by atoms with Crippen LogP contribution in [0.1, 0.15) is 17.0 Å². The number of hydrogen-bond donors (Lipinski definition) is 1. The van der Waals surface area contributed by atoms with Gasteiger partial charge in [-0.2, -0.15) is 13.2 Å². The van der Waals surface area contributed by atoms with Crippen LogP contribution in [-0.2, 0) is 21.8 Å². The van der Waals surface area contributed by atoms with Gasteiger partial charge in [0.15, 0.2) is 9.84 Å². The smallest absolute Gasteiger partial charge is 0.334 e. The Morgan fingerprint density at radius 3 is 2.33 bits per heavy atom. The number of nitrogens with zero attached hydrogens (tertiary/aromatic N) is 2. The fourth-order valence-electron chi connectivity index (χ4n) is 2.59. The summed E-state index contributed by atoms with van der Waals surface area (Å²) in [5, 5.41) is 11.3. The van der Waals surface area contributed by atoms with Crippen molar-refractivity contribution in [1.82, 2.24) is 9.97 Å². The maximum absolute atomic E-state index is 12.9. The number of aromatic amines is 1. The molecule has 142 valence electrons. The first kappa shape index (κ1) is 18.8. The van der Waals surface area contributed by atoms with Gasteiger partial charge in [-0.3, -0.25) is 10.1 Å². The Morgan fingerprint density at radius 2 is 1.78 bits per heavy atom. The number of alkyl halides is 3. The van der Waals surface area contributed by atoms with Gasteiger partial charge in [0.2, 0.25) is 5.82 Å². The third-order valence-corrected chi connectivity index (χ3v) is 5.57. The second kappa shape index (κ2) is 6.34. The third-order valence-electron chi connectivity index (χ3n) is 3.91. The van der Waals surface area contributed by atoms with Gasteiger partial charge in [-0.05, 0) is 25.1 Å². The number of nitro groups is 1. The molecule has 1 aromatic heterocycles. The number of fused-ring (bicyclic) bond motifs is 1. The van der Waals surface area contributed by atoms with E-state index in [9.17, 15) is 31.7 Å². The minimum absolute atomic E-state index is 0.0917. The number of nitrogens with one attached hydrogen (secondary N) is 1. The van der Waals surface area contributed by atoms with Crippen molar-refractivity contribution in [1.29, 1.82) is 0 Å². The number of benzene rings is 2. The zero-order valence-electron chi connectivity index (χ0n) is 13.7. The van der Waals surface area contributed by atoms with E-state index < -0.39 is 49.3 Å². The number of halogens is 3. The molecule has 0 unspecified atom stereocenters. The van der Waals surface area contributed by atoms with Crippen molar-refractivity contribution in [3.8, 4) is 0 Å². The van der Waals surface area contributed by atoms with Crippen molar-refractivity contribution in [3.05, 3.63) is 63.5 Å². The van der Waals surface area contributed by atoms with Crippen LogP contribution < -0.4 is 0 Å². The van der Waals surface area contributed by atoms with Crippen LogP contribution in [0.25, 0.3) is 11.0 Å². The van der Waals surface area contributed by atoms with Crippen LogP contribution in [0.3, 0.4) is 0 Å². The van der Waals surface area contributed by atoms with Gasteiger partial charge in [0.1, 0.15) is 5.52 Å². The Hall–Kier alpha value is -2.95. The predicted molar refractivity (Wildman–Crippen MR) is 89.8 cm³/mol. The summed E-state index contributed by atoms with van der Waals surface area (Å²) in [5.41, 5.74) is -0.735. The summed E-state index contributed by atoms with van der Waals surface area (Å²) in [6, 6.07) is 7.80. The lowest BCUT2D eigenvalue weighted by molar-refractivity contribution is -0.385. The number of sulfone groups is 1. The molecule has 0 saturated carbocycles. The van der Waals surface area contributed by atoms with Crippen LogP contribution in [-0.4, -0.2) is 23.3 Å². The molecule has 0 aliphatic rings. The maximum Gasteiger partial charge on any atom is 0.449 e. The zero-order chi connectivity index (χ0) is 20.0. The highest BCUT2D eigenvalue weighted by molar-refractivity contribution is 7.90. The molecule has 0 spiro atoms. The van der Waals surface area contributed by atoms with E-state index in [2.05, 4.69) is 4.98 Å². The average molecular weight is 399 g/mol. The summed E-state index contributed by atoms with van der Waals surface area (Å²) in [6.45, 7) is 1.75. The van der Waals surface area contributed by atoms with Crippen LogP contribution in [0.15, 0.2) is 41.3 Å². The first-order valence-electron chi connectivity index (χ1n) is 7.51. The fraction of sp³-hybridized carbons (Fsp3) is 0.188. The largest absolute Gasteiger partial charge is 0.449 e. The molecule has 1 N–H and O–H groups in total.